The van der Waals surface area contributed by atoms with Crippen LogP contribution in [0.3, 0.4) is 0 Å². The van der Waals surface area contributed by atoms with Crippen molar-refractivity contribution in [3.63, 3.8) is 0 Å². The number of fused-ring (bicyclic) bond motifs is 1. The quantitative estimate of drug-likeness (QED) is 0.295. The van der Waals surface area contributed by atoms with Crippen LogP contribution in [0.4, 0.5) is 5.69 Å². The lowest BCUT2D eigenvalue weighted by atomic mass is 10.2. The fraction of sp³-hybridized carbons (Fsp3) is 0.0455. The molecule has 150 valence electrons. The minimum Gasteiger partial charge on any atom is -0.493 e. The Hall–Kier alpha value is -2.67. The van der Waals surface area contributed by atoms with E-state index < -0.39 is 5.91 Å². The summed E-state index contributed by atoms with van der Waals surface area (Å²) in [7, 11) is 0. The zero-order valence-electron chi connectivity index (χ0n) is 15.4. The summed E-state index contributed by atoms with van der Waals surface area (Å²) in [6.45, 7) is 0.335. The first kappa shape index (κ1) is 20.6. The topological polar surface area (TPSA) is 66.9 Å². The largest absolute Gasteiger partial charge is 0.493 e. The Balaban J connectivity index is 1.78. The van der Waals surface area contributed by atoms with Gasteiger partial charge in [0.15, 0.2) is 5.69 Å². The van der Waals surface area contributed by atoms with Gasteiger partial charge in [0.1, 0.15) is 0 Å². The number of amides is 1. The number of hydrogen-bond donors (Lipinski definition) is 1. The third-order valence-electron chi connectivity index (χ3n) is 4.57. The monoisotopic (exact) mass is 501 g/mol. The average Bonchev–Trinajstić information content (AvgIpc) is 2.98. The number of halogens is 3. The van der Waals surface area contributed by atoms with Crippen molar-refractivity contribution in [3.8, 4) is 5.88 Å². The van der Waals surface area contributed by atoms with E-state index in [-0.39, 0.29) is 11.6 Å². The summed E-state index contributed by atoms with van der Waals surface area (Å²) in [6.07, 6.45) is 0. The number of nitrogens with zero attached hydrogens (tertiary/aromatic N) is 3. The fourth-order valence-electron chi connectivity index (χ4n) is 3.13. The Bertz CT molecular complexity index is 1300. The summed E-state index contributed by atoms with van der Waals surface area (Å²) >= 11 is 15.7. The Morgan fingerprint density at radius 2 is 1.83 bits per heavy atom. The lowest BCUT2D eigenvalue weighted by Gasteiger charge is -2.08. The highest BCUT2D eigenvalue weighted by Crippen LogP contribution is 2.41. The molecule has 3 aromatic carbocycles. The Kier molecular flexibility index (Phi) is 5.90. The molecule has 0 radical (unpaired) electrons. The minimum absolute atomic E-state index is 0.106. The molecule has 4 rings (SSSR count). The van der Waals surface area contributed by atoms with Gasteiger partial charge in [0.25, 0.3) is 5.91 Å². The molecule has 0 aliphatic rings. The van der Waals surface area contributed by atoms with Gasteiger partial charge in [0.05, 0.1) is 12.1 Å². The molecule has 5 nitrogen and oxygen atoms in total. The molecule has 0 aliphatic heterocycles. The number of aromatic nitrogens is 1. The summed E-state index contributed by atoms with van der Waals surface area (Å²) < 4.78 is 2.49. The first-order valence-corrected chi connectivity index (χ1v) is 10.4. The first-order valence-electron chi connectivity index (χ1n) is 8.90. The lowest BCUT2D eigenvalue weighted by molar-refractivity contribution is 0.0995. The van der Waals surface area contributed by atoms with Crippen molar-refractivity contribution in [1.82, 2.24) is 4.57 Å². The molecule has 1 heterocycles. The van der Waals surface area contributed by atoms with Gasteiger partial charge in [-0.2, -0.15) is 0 Å². The number of azo groups is 1. The highest BCUT2D eigenvalue weighted by atomic mass is 79.9. The summed E-state index contributed by atoms with van der Waals surface area (Å²) in [4.78, 5) is 12.4. The number of carbonyl (C=O) groups excluding carboxylic acids is 1. The van der Waals surface area contributed by atoms with Gasteiger partial charge in [-0.1, -0.05) is 63.4 Å². The van der Waals surface area contributed by atoms with Crippen molar-refractivity contribution in [3.05, 3.63) is 92.4 Å². The second kappa shape index (κ2) is 8.60. The van der Waals surface area contributed by atoms with Gasteiger partial charge in [0.2, 0.25) is 5.88 Å². The first-order chi connectivity index (χ1) is 14.4. The normalized spacial score (nSPS) is 11.4. The second-order valence-corrected chi connectivity index (χ2v) is 8.29. The van der Waals surface area contributed by atoms with Gasteiger partial charge >= 0.3 is 0 Å². The van der Waals surface area contributed by atoms with E-state index in [0.29, 0.717) is 27.5 Å². The molecule has 4 aromatic rings. The van der Waals surface area contributed by atoms with Gasteiger partial charge in [-0.15, -0.1) is 10.2 Å². The highest BCUT2D eigenvalue weighted by molar-refractivity contribution is 9.10. The van der Waals surface area contributed by atoms with Crippen molar-refractivity contribution in [2.75, 3.05) is 0 Å². The van der Waals surface area contributed by atoms with E-state index in [1.54, 1.807) is 28.8 Å². The molecule has 0 bridgehead atoms. The highest BCUT2D eigenvalue weighted by Gasteiger charge is 2.18. The van der Waals surface area contributed by atoms with E-state index in [1.807, 2.05) is 36.4 Å². The van der Waals surface area contributed by atoms with Gasteiger partial charge in [-0.25, -0.2) is 0 Å². The van der Waals surface area contributed by atoms with Gasteiger partial charge in [0, 0.05) is 25.5 Å². The number of carbonyl (C=O) groups is 1. The molecule has 0 spiro atoms. The van der Waals surface area contributed by atoms with E-state index in [2.05, 4.69) is 26.2 Å². The molecule has 1 N–H and O–H groups in total. The molecule has 8 heteroatoms. The fourth-order valence-corrected chi connectivity index (χ4v) is 3.87. The molecule has 0 fully saturated rings. The van der Waals surface area contributed by atoms with Crippen LogP contribution in [0, 0.1) is 0 Å². The van der Waals surface area contributed by atoms with Crippen molar-refractivity contribution < 1.29 is 9.90 Å². The van der Waals surface area contributed by atoms with Crippen LogP contribution < -0.4 is 0 Å². The SMILES string of the molecule is O=C(N=Nc1c(O)n(Cc2ccccc2Cl)c2ccc(Br)cc12)c1cccc(Cl)c1. The predicted molar refractivity (Wildman–Crippen MR) is 122 cm³/mol. The van der Waals surface area contributed by atoms with Gasteiger partial charge in [-0.3, -0.25) is 4.79 Å². The summed E-state index contributed by atoms with van der Waals surface area (Å²) in [6, 6.07) is 19.4. The van der Waals surface area contributed by atoms with E-state index in [0.717, 1.165) is 15.6 Å². The Morgan fingerprint density at radius 1 is 1.03 bits per heavy atom. The maximum atomic E-state index is 12.4. The van der Waals surface area contributed by atoms with Gasteiger partial charge in [-0.05, 0) is 48.0 Å². The molecule has 30 heavy (non-hydrogen) atoms. The number of benzene rings is 3. The van der Waals surface area contributed by atoms with Crippen LogP contribution in [0.1, 0.15) is 15.9 Å². The van der Waals surface area contributed by atoms with Gasteiger partial charge < -0.3 is 9.67 Å². The van der Waals surface area contributed by atoms with Crippen LogP contribution in [0.5, 0.6) is 5.88 Å². The number of aromatic hydroxyl groups is 1. The van der Waals surface area contributed by atoms with Crippen LogP contribution in [-0.4, -0.2) is 15.6 Å². The smallest absolute Gasteiger partial charge is 0.295 e. The van der Waals surface area contributed by atoms with E-state index >= 15 is 0 Å². The van der Waals surface area contributed by atoms with Crippen LogP contribution in [-0.2, 0) is 6.54 Å². The molecular formula is C22H14BrCl2N3O2. The lowest BCUT2D eigenvalue weighted by Crippen LogP contribution is -1.99. The van der Waals surface area contributed by atoms with Crippen molar-refractivity contribution >= 4 is 61.6 Å². The zero-order chi connectivity index (χ0) is 21.3. The minimum atomic E-state index is -0.557. The Morgan fingerprint density at radius 3 is 2.60 bits per heavy atom. The Labute approximate surface area is 190 Å². The standard InChI is InChI=1S/C22H14BrCl2N3O2/c23-15-8-9-19-17(11-15)20(26-27-21(29)13-5-3-6-16(24)10-13)22(30)28(19)12-14-4-1-2-7-18(14)25/h1-11,30H,12H2. The maximum absolute atomic E-state index is 12.4. The number of rotatable bonds is 4. The van der Waals surface area contributed by atoms with Crippen molar-refractivity contribution in [2.24, 2.45) is 10.2 Å². The molecule has 0 aliphatic carbocycles. The number of hydrogen-bond acceptors (Lipinski definition) is 3. The van der Waals surface area contributed by atoms with Crippen molar-refractivity contribution in [1.29, 1.82) is 0 Å². The molecule has 0 unspecified atom stereocenters. The summed E-state index contributed by atoms with van der Waals surface area (Å²) in [5.41, 5.74) is 2.09. The van der Waals surface area contributed by atoms with Crippen LogP contribution in [0.25, 0.3) is 10.9 Å². The molecule has 0 saturated carbocycles. The van der Waals surface area contributed by atoms with Crippen LogP contribution in [0.2, 0.25) is 10.0 Å². The van der Waals surface area contributed by atoms with E-state index in [1.165, 1.54) is 6.07 Å². The maximum Gasteiger partial charge on any atom is 0.295 e. The predicted octanol–water partition coefficient (Wildman–Crippen LogP) is 7.39. The average molecular weight is 503 g/mol. The molecule has 1 aromatic heterocycles. The third kappa shape index (κ3) is 4.12. The second-order valence-electron chi connectivity index (χ2n) is 6.53. The van der Waals surface area contributed by atoms with Crippen molar-refractivity contribution in [2.45, 2.75) is 6.54 Å². The summed E-state index contributed by atoms with van der Waals surface area (Å²) in [5, 5.41) is 20.4. The third-order valence-corrected chi connectivity index (χ3v) is 5.67. The molecule has 0 atom stereocenters. The molecular weight excluding hydrogens is 489 g/mol. The van der Waals surface area contributed by atoms with Crippen LogP contribution >= 0.6 is 39.1 Å². The zero-order valence-corrected chi connectivity index (χ0v) is 18.5. The molecule has 0 saturated heterocycles. The molecule has 1 amide bonds. The van der Waals surface area contributed by atoms with Crippen LogP contribution in [0.15, 0.2) is 81.4 Å². The summed E-state index contributed by atoms with van der Waals surface area (Å²) in [5.74, 6) is -0.662. The van der Waals surface area contributed by atoms with E-state index in [9.17, 15) is 9.90 Å². The van der Waals surface area contributed by atoms with E-state index in [4.69, 9.17) is 23.2 Å².